The maximum Gasteiger partial charge on any atom is 0.269 e. The molecular weight excluding hydrogens is 530 g/mol. The van der Waals surface area contributed by atoms with Gasteiger partial charge in [0.25, 0.3) is 5.69 Å². The number of thiocarbonyl (C=S) groups is 1. The molecule has 4 aromatic rings. The molecule has 5 N–H and O–H groups in total. The first-order valence-electron chi connectivity index (χ1n) is 11.5. The Kier molecular flexibility index (Phi) is 7.26. The van der Waals surface area contributed by atoms with Crippen LogP contribution in [0.1, 0.15) is 0 Å². The van der Waals surface area contributed by atoms with E-state index in [1.165, 1.54) is 12.1 Å². The predicted octanol–water partition coefficient (Wildman–Crippen LogP) is 3.53. The molecule has 0 atom stereocenters. The Hall–Kier alpha value is -4.40. The number of benzene rings is 2. The number of non-ortho nitro benzene ring substituents is 1. The topological polar surface area (TPSA) is 163 Å². The minimum Gasteiger partial charge on any atom is -0.345 e. The lowest BCUT2D eigenvalue weighted by Crippen LogP contribution is -2.50. The number of nitro groups is 1. The summed E-state index contributed by atoms with van der Waals surface area (Å²) in [4.78, 5) is 32.0. The van der Waals surface area contributed by atoms with Gasteiger partial charge in [-0.3, -0.25) is 20.5 Å². The van der Waals surface area contributed by atoms with Crippen molar-refractivity contribution in [3.8, 4) is 0 Å². The van der Waals surface area contributed by atoms with Crippen LogP contribution in [0.15, 0.2) is 54.7 Å². The molecule has 194 valence electrons. The van der Waals surface area contributed by atoms with Crippen molar-refractivity contribution in [1.82, 2.24) is 24.8 Å². The number of rotatable bonds is 6. The minimum atomic E-state index is -0.461. The average molecular weight is 552 g/mol. The van der Waals surface area contributed by atoms with Crippen LogP contribution in [-0.2, 0) is 0 Å². The Morgan fingerprint density at radius 2 is 1.76 bits per heavy atom. The molecule has 15 heteroatoms. The van der Waals surface area contributed by atoms with Crippen LogP contribution >= 0.6 is 23.8 Å². The van der Waals surface area contributed by atoms with Crippen molar-refractivity contribution in [2.75, 3.05) is 47.1 Å². The number of aromatic nitrogens is 4. The molecule has 0 aliphatic carbocycles. The van der Waals surface area contributed by atoms with E-state index in [0.717, 1.165) is 16.6 Å². The van der Waals surface area contributed by atoms with Gasteiger partial charge in [0.05, 0.1) is 16.1 Å². The number of nitrogens with one attached hydrogen (secondary N) is 3. The molecule has 3 heterocycles. The SMILES string of the molecule is NNc1nc(Nc2ccc([N+](=O)[O-])cc2)nc(N2CCN(C(=S)Nc3ccnc4cc(Cl)ccc34)CC2)n1. The van der Waals surface area contributed by atoms with Gasteiger partial charge in [0, 0.05) is 60.6 Å². The summed E-state index contributed by atoms with van der Waals surface area (Å²) in [7, 11) is 0. The zero-order chi connectivity index (χ0) is 26.6. The van der Waals surface area contributed by atoms with Crippen molar-refractivity contribution in [3.63, 3.8) is 0 Å². The summed E-state index contributed by atoms with van der Waals surface area (Å²) in [5, 5.41) is 19.4. The average Bonchev–Trinajstić information content (AvgIpc) is 2.93. The number of halogens is 1. The van der Waals surface area contributed by atoms with Crippen LogP contribution in [0.2, 0.25) is 5.02 Å². The molecule has 0 radical (unpaired) electrons. The van der Waals surface area contributed by atoms with E-state index in [1.807, 2.05) is 29.2 Å². The van der Waals surface area contributed by atoms with Gasteiger partial charge in [0.15, 0.2) is 5.11 Å². The van der Waals surface area contributed by atoms with Gasteiger partial charge in [-0.2, -0.15) is 15.0 Å². The molecule has 0 saturated carbocycles. The number of hydrazine groups is 1. The van der Waals surface area contributed by atoms with Crippen molar-refractivity contribution in [1.29, 1.82) is 0 Å². The van der Waals surface area contributed by atoms with E-state index in [4.69, 9.17) is 29.7 Å². The van der Waals surface area contributed by atoms with Crippen LogP contribution in [0.25, 0.3) is 10.9 Å². The minimum absolute atomic E-state index is 0.0111. The molecule has 0 amide bonds. The summed E-state index contributed by atoms with van der Waals surface area (Å²) in [6.07, 6.45) is 1.72. The zero-order valence-corrected chi connectivity index (χ0v) is 21.4. The van der Waals surface area contributed by atoms with Crippen LogP contribution in [0.3, 0.4) is 0 Å². The van der Waals surface area contributed by atoms with Crippen LogP contribution < -0.4 is 26.8 Å². The van der Waals surface area contributed by atoms with E-state index >= 15 is 0 Å². The number of fused-ring (bicyclic) bond motifs is 1. The van der Waals surface area contributed by atoms with E-state index in [-0.39, 0.29) is 17.6 Å². The van der Waals surface area contributed by atoms with Gasteiger partial charge < -0.3 is 20.4 Å². The van der Waals surface area contributed by atoms with Gasteiger partial charge in [0.1, 0.15) is 0 Å². The lowest BCUT2D eigenvalue weighted by molar-refractivity contribution is -0.384. The number of nitro benzene ring substituents is 1. The highest BCUT2D eigenvalue weighted by Crippen LogP contribution is 2.25. The van der Waals surface area contributed by atoms with Gasteiger partial charge in [-0.15, -0.1) is 0 Å². The highest BCUT2D eigenvalue weighted by atomic mass is 35.5. The molecule has 0 bridgehead atoms. The lowest BCUT2D eigenvalue weighted by Gasteiger charge is -2.36. The first-order chi connectivity index (χ1) is 18.4. The molecule has 1 aliphatic heterocycles. The third-order valence-corrected chi connectivity index (χ3v) is 6.48. The Morgan fingerprint density at radius 3 is 2.47 bits per heavy atom. The van der Waals surface area contributed by atoms with E-state index in [9.17, 15) is 10.1 Å². The maximum atomic E-state index is 10.9. The van der Waals surface area contributed by atoms with Gasteiger partial charge in [0.2, 0.25) is 17.8 Å². The van der Waals surface area contributed by atoms with Gasteiger partial charge in [-0.1, -0.05) is 11.6 Å². The fourth-order valence-electron chi connectivity index (χ4n) is 3.96. The second-order valence-electron chi connectivity index (χ2n) is 8.28. The van der Waals surface area contributed by atoms with Gasteiger partial charge in [-0.05, 0) is 48.6 Å². The molecule has 2 aromatic carbocycles. The van der Waals surface area contributed by atoms with Crippen LogP contribution in [0, 0.1) is 10.1 Å². The van der Waals surface area contributed by atoms with Crippen molar-refractivity contribution < 1.29 is 4.92 Å². The van der Waals surface area contributed by atoms with Crippen LogP contribution in [-0.4, -0.2) is 61.1 Å². The summed E-state index contributed by atoms with van der Waals surface area (Å²) in [6, 6.07) is 13.4. The number of piperazine rings is 1. The van der Waals surface area contributed by atoms with E-state index < -0.39 is 4.92 Å². The molecule has 2 aromatic heterocycles. The lowest BCUT2D eigenvalue weighted by atomic mass is 10.2. The van der Waals surface area contributed by atoms with Crippen molar-refractivity contribution in [2.45, 2.75) is 0 Å². The molecule has 1 fully saturated rings. The Labute approximate surface area is 227 Å². The fraction of sp³-hybridized carbons (Fsp3) is 0.174. The zero-order valence-electron chi connectivity index (χ0n) is 19.8. The monoisotopic (exact) mass is 551 g/mol. The molecule has 13 nitrogen and oxygen atoms in total. The summed E-state index contributed by atoms with van der Waals surface area (Å²) < 4.78 is 0. The second-order valence-corrected chi connectivity index (χ2v) is 9.10. The van der Waals surface area contributed by atoms with Crippen molar-refractivity contribution in [3.05, 3.63) is 69.9 Å². The number of hydrogen-bond donors (Lipinski definition) is 4. The molecule has 5 rings (SSSR count). The number of anilines is 5. The number of pyridine rings is 1. The number of nitrogen functional groups attached to an aromatic ring is 1. The van der Waals surface area contributed by atoms with Gasteiger partial charge >= 0.3 is 0 Å². The third-order valence-electron chi connectivity index (χ3n) is 5.88. The van der Waals surface area contributed by atoms with Crippen LogP contribution in [0.4, 0.5) is 34.9 Å². The molecule has 0 unspecified atom stereocenters. The molecule has 0 spiro atoms. The largest absolute Gasteiger partial charge is 0.345 e. The van der Waals surface area contributed by atoms with Crippen molar-refractivity contribution in [2.24, 2.45) is 5.84 Å². The second kappa shape index (κ2) is 10.9. The van der Waals surface area contributed by atoms with Gasteiger partial charge in [-0.25, -0.2) is 5.84 Å². The quantitative estimate of drug-likeness (QED) is 0.119. The molecule has 38 heavy (non-hydrogen) atoms. The first kappa shape index (κ1) is 25.3. The number of hydrogen-bond acceptors (Lipinski definition) is 11. The summed E-state index contributed by atoms with van der Waals surface area (Å²) >= 11 is 11.8. The third kappa shape index (κ3) is 5.61. The van der Waals surface area contributed by atoms with E-state index in [0.29, 0.717) is 47.9 Å². The maximum absolute atomic E-state index is 10.9. The molecule has 1 aliphatic rings. The standard InChI is InChI=1S/C23H22ClN11O2S/c24-14-1-6-17-18(7-8-26-19(17)13-14)28-23(38)34-11-9-33(10-12-34)22-30-20(29-21(31-22)32-25)27-15-2-4-16(5-3-15)35(36)37/h1-8,13H,9-12,25H2,(H,26,28,38)(H2,27,29,30,31,32). The highest BCUT2D eigenvalue weighted by Gasteiger charge is 2.22. The molecular formula is C23H22ClN11O2S. The number of nitrogens with zero attached hydrogens (tertiary/aromatic N) is 7. The first-order valence-corrected chi connectivity index (χ1v) is 12.3. The predicted molar refractivity (Wildman–Crippen MR) is 151 cm³/mol. The Balaban J connectivity index is 1.25. The summed E-state index contributed by atoms with van der Waals surface area (Å²) in [5.74, 6) is 6.45. The Bertz CT molecular complexity index is 1500. The summed E-state index contributed by atoms with van der Waals surface area (Å²) in [6.45, 7) is 2.50. The van der Waals surface area contributed by atoms with E-state index in [1.54, 1.807) is 18.3 Å². The summed E-state index contributed by atoms with van der Waals surface area (Å²) in [5.41, 5.74) is 4.67. The molecule has 1 saturated heterocycles. The van der Waals surface area contributed by atoms with Crippen molar-refractivity contribution >= 4 is 74.7 Å². The smallest absolute Gasteiger partial charge is 0.269 e. The van der Waals surface area contributed by atoms with E-state index in [2.05, 4.69) is 40.9 Å². The number of nitrogens with two attached hydrogens (primary N) is 1. The fourth-order valence-corrected chi connectivity index (χ4v) is 4.42. The highest BCUT2D eigenvalue weighted by molar-refractivity contribution is 7.80. The van der Waals surface area contributed by atoms with Crippen LogP contribution in [0.5, 0.6) is 0 Å². The Morgan fingerprint density at radius 1 is 1.03 bits per heavy atom. The normalized spacial score (nSPS) is 13.3.